The predicted molar refractivity (Wildman–Crippen MR) is 144 cm³/mol. The second kappa shape index (κ2) is 11.9. The minimum absolute atomic E-state index is 0.0232. The Bertz CT molecular complexity index is 1060. The predicted octanol–water partition coefficient (Wildman–Crippen LogP) is 3.48. The molecular weight excluding hydrogens is 466 g/mol. The Balaban J connectivity index is 1.17. The number of amides is 1. The quantitative estimate of drug-likeness (QED) is 0.641. The van der Waals surface area contributed by atoms with Crippen LogP contribution in [0.5, 0.6) is 0 Å². The third kappa shape index (κ3) is 5.97. The van der Waals surface area contributed by atoms with Crippen molar-refractivity contribution in [3.8, 4) is 0 Å². The summed E-state index contributed by atoms with van der Waals surface area (Å²) in [7, 11) is 1.75. The summed E-state index contributed by atoms with van der Waals surface area (Å²) in [5.41, 5.74) is 4.19. The van der Waals surface area contributed by atoms with E-state index in [-0.39, 0.29) is 12.0 Å². The number of aromatic nitrogens is 2. The van der Waals surface area contributed by atoms with Gasteiger partial charge in [0.25, 0.3) is 5.91 Å². The van der Waals surface area contributed by atoms with E-state index in [1.54, 1.807) is 13.4 Å². The lowest BCUT2D eigenvalue weighted by Gasteiger charge is -2.38. The van der Waals surface area contributed by atoms with Gasteiger partial charge in [0.1, 0.15) is 17.8 Å². The molecule has 2 aromatic rings. The van der Waals surface area contributed by atoms with Crippen LogP contribution in [0.15, 0.2) is 30.6 Å². The molecule has 3 fully saturated rings. The number of likely N-dealkylation sites (tertiary alicyclic amines) is 1. The van der Waals surface area contributed by atoms with Gasteiger partial charge in [-0.2, -0.15) is 0 Å². The molecule has 1 aromatic carbocycles. The molecule has 37 heavy (non-hydrogen) atoms. The molecule has 8 nitrogen and oxygen atoms in total. The third-order valence-corrected chi connectivity index (χ3v) is 8.41. The molecule has 2 atom stereocenters. The van der Waals surface area contributed by atoms with Gasteiger partial charge in [0.15, 0.2) is 0 Å². The van der Waals surface area contributed by atoms with Gasteiger partial charge in [-0.05, 0) is 57.4 Å². The van der Waals surface area contributed by atoms with Crippen molar-refractivity contribution in [2.24, 2.45) is 0 Å². The molecule has 0 saturated carbocycles. The van der Waals surface area contributed by atoms with Crippen LogP contribution in [0.4, 0.5) is 5.82 Å². The summed E-state index contributed by atoms with van der Waals surface area (Å²) in [6.07, 6.45) is 6.67. The number of methoxy groups -OCH3 is 1. The number of hydrogen-bond acceptors (Lipinski definition) is 7. The van der Waals surface area contributed by atoms with Gasteiger partial charge in [-0.3, -0.25) is 4.79 Å². The van der Waals surface area contributed by atoms with Gasteiger partial charge < -0.3 is 24.6 Å². The summed E-state index contributed by atoms with van der Waals surface area (Å²) in [6.45, 7) is 8.92. The number of benzene rings is 1. The second-order valence-corrected chi connectivity index (χ2v) is 10.8. The van der Waals surface area contributed by atoms with Gasteiger partial charge in [-0.15, -0.1) is 0 Å². The molecule has 0 spiro atoms. The molecule has 1 aromatic heterocycles. The first-order valence-corrected chi connectivity index (χ1v) is 13.8. The molecule has 8 heteroatoms. The molecular formula is C29H41N5O3. The number of anilines is 1. The zero-order valence-electron chi connectivity index (χ0n) is 22.5. The van der Waals surface area contributed by atoms with Crippen LogP contribution in [-0.2, 0) is 9.47 Å². The Morgan fingerprint density at radius 2 is 1.84 bits per heavy atom. The number of nitrogens with one attached hydrogen (secondary N) is 1. The van der Waals surface area contributed by atoms with Crippen molar-refractivity contribution in [2.45, 2.75) is 70.1 Å². The van der Waals surface area contributed by atoms with Crippen LogP contribution in [0, 0.1) is 13.8 Å². The zero-order valence-corrected chi connectivity index (χ0v) is 22.5. The van der Waals surface area contributed by atoms with Crippen LogP contribution in [0.3, 0.4) is 0 Å². The van der Waals surface area contributed by atoms with Gasteiger partial charge >= 0.3 is 0 Å². The molecule has 1 N–H and O–H groups in total. The Morgan fingerprint density at radius 1 is 1.05 bits per heavy atom. The fourth-order valence-corrected chi connectivity index (χ4v) is 6.16. The van der Waals surface area contributed by atoms with E-state index in [9.17, 15) is 4.79 Å². The average Bonchev–Trinajstić information content (AvgIpc) is 2.94. The van der Waals surface area contributed by atoms with Crippen LogP contribution < -0.4 is 10.2 Å². The van der Waals surface area contributed by atoms with Gasteiger partial charge in [0, 0.05) is 57.5 Å². The standard InChI is InChI=1S/C29H41N5O3/c1-20-5-4-6-23(17-20)22-7-12-33(13-8-22)28-21(2)27(30-19-31-28)29(35)34-14-9-24(10-15-34)32-25-11-16-37-18-26(25)36-3/h4-6,17,19,22,24-26,32H,7-16,18H2,1-3H3. The smallest absolute Gasteiger partial charge is 0.272 e. The second-order valence-electron chi connectivity index (χ2n) is 10.8. The molecule has 0 bridgehead atoms. The van der Waals surface area contributed by atoms with E-state index in [1.807, 2.05) is 11.8 Å². The molecule has 3 aliphatic heterocycles. The maximum atomic E-state index is 13.5. The van der Waals surface area contributed by atoms with Crippen molar-refractivity contribution in [1.29, 1.82) is 0 Å². The van der Waals surface area contributed by atoms with E-state index in [1.165, 1.54) is 11.1 Å². The summed E-state index contributed by atoms with van der Waals surface area (Å²) in [6, 6.07) is 9.57. The summed E-state index contributed by atoms with van der Waals surface area (Å²) < 4.78 is 11.2. The molecule has 0 radical (unpaired) electrons. The number of piperidine rings is 2. The third-order valence-electron chi connectivity index (χ3n) is 8.41. The SMILES string of the molecule is COC1COCCC1NC1CCN(C(=O)c2ncnc(N3CCC(c4cccc(C)c4)CC3)c2C)CC1. The molecule has 3 saturated heterocycles. The molecule has 200 valence electrons. The minimum atomic E-state index is 0.0232. The Morgan fingerprint density at radius 3 is 2.57 bits per heavy atom. The Kier molecular flexibility index (Phi) is 8.37. The zero-order chi connectivity index (χ0) is 25.8. The normalized spacial score (nSPS) is 23.9. The molecule has 4 heterocycles. The summed E-state index contributed by atoms with van der Waals surface area (Å²) in [4.78, 5) is 26.8. The maximum Gasteiger partial charge on any atom is 0.272 e. The van der Waals surface area contributed by atoms with Gasteiger partial charge in [-0.25, -0.2) is 9.97 Å². The van der Waals surface area contributed by atoms with Crippen molar-refractivity contribution in [3.63, 3.8) is 0 Å². The van der Waals surface area contributed by atoms with E-state index in [4.69, 9.17) is 9.47 Å². The Labute approximate surface area is 220 Å². The summed E-state index contributed by atoms with van der Waals surface area (Å²) >= 11 is 0. The number of rotatable bonds is 6. The Hall–Kier alpha value is -2.55. The highest BCUT2D eigenvalue weighted by Gasteiger charge is 2.32. The van der Waals surface area contributed by atoms with Crippen LogP contribution in [0.2, 0.25) is 0 Å². The van der Waals surface area contributed by atoms with Gasteiger partial charge in [0.05, 0.1) is 12.7 Å². The highest BCUT2D eigenvalue weighted by Crippen LogP contribution is 2.32. The molecule has 2 unspecified atom stereocenters. The first-order valence-electron chi connectivity index (χ1n) is 13.8. The van der Waals surface area contributed by atoms with Crippen LogP contribution in [0.1, 0.15) is 65.2 Å². The summed E-state index contributed by atoms with van der Waals surface area (Å²) in [5, 5.41) is 3.76. The van der Waals surface area contributed by atoms with E-state index in [2.05, 4.69) is 51.4 Å². The highest BCUT2D eigenvalue weighted by molar-refractivity contribution is 5.94. The molecule has 3 aliphatic rings. The lowest BCUT2D eigenvalue weighted by Crippen LogP contribution is -2.54. The van der Waals surface area contributed by atoms with Crippen molar-refractivity contribution in [3.05, 3.63) is 53.0 Å². The first kappa shape index (κ1) is 26.1. The molecule has 0 aliphatic carbocycles. The minimum Gasteiger partial charge on any atom is -0.379 e. The monoisotopic (exact) mass is 507 g/mol. The maximum absolute atomic E-state index is 13.5. The average molecular weight is 508 g/mol. The van der Waals surface area contributed by atoms with E-state index in [0.717, 1.165) is 76.3 Å². The fourth-order valence-electron chi connectivity index (χ4n) is 6.16. The van der Waals surface area contributed by atoms with Crippen LogP contribution >= 0.6 is 0 Å². The largest absolute Gasteiger partial charge is 0.379 e. The number of carbonyl (C=O) groups is 1. The van der Waals surface area contributed by atoms with Crippen molar-refractivity contribution >= 4 is 11.7 Å². The molecule has 5 rings (SSSR count). The highest BCUT2D eigenvalue weighted by atomic mass is 16.5. The molecule has 1 amide bonds. The van der Waals surface area contributed by atoms with E-state index < -0.39 is 0 Å². The lowest BCUT2D eigenvalue weighted by atomic mass is 9.88. The van der Waals surface area contributed by atoms with E-state index in [0.29, 0.717) is 30.3 Å². The van der Waals surface area contributed by atoms with Crippen molar-refractivity contribution in [1.82, 2.24) is 20.2 Å². The van der Waals surface area contributed by atoms with Gasteiger partial charge in [0.2, 0.25) is 0 Å². The van der Waals surface area contributed by atoms with Crippen LogP contribution in [0.25, 0.3) is 0 Å². The number of aryl methyl sites for hydroxylation is 1. The lowest BCUT2D eigenvalue weighted by molar-refractivity contribution is -0.0533. The fraction of sp³-hybridized carbons (Fsp3) is 0.621. The number of carbonyl (C=O) groups excluding carboxylic acids is 1. The number of hydrogen-bond donors (Lipinski definition) is 1. The number of nitrogens with zero attached hydrogens (tertiary/aromatic N) is 4. The van der Waals surface area contributed by atoms with Crippen molar-refractivity contribution < 1.29 is 14.3 Å². The summed E-state index contributed by atoms with van der Waals surface area (Å²) in [5.74, 6) is 1.51. The van der Waals surface area contributed by atoms with Gasteiger partial charge in [-0.1, -0.05) is 29.8 Å². The number of ether oxygens (including phenoxy) is 2. The topological polar surface area (TPSA) is 79.8 Å². The van der Waals surface area contributed by atoms with Crippen molar-refractivity contribution in [2.75, 3.05) is 51.4 Å². The van der Waals surface area contributed by atoms with Crippen LogP contribution in [-0.4, -0.2) is 85.5 Å². The first-order chi connectivity index (χ1) is 18.0. The van der Waals surface area contributed by atoms with E-state index >= 15 is 0 Å².